The molecule has 3 aromatic rings. The van der Waals surface area contributed by atoms with Crippen molar-refractivity contribution in [2.24, 2.45) is 0 Å². The van der Waals surface area contributed by atoms with E-state index < -0.39 is 0 Å². The Bertz CT molecular complexity index is 749. The Labute approximate surface area is 125 Å². The summed E-state index contributed by atoms with van der Waals surface area (Å²) in [6.07, 6.45) is 0. The number of hydrogen-bond acceptors (Lipinski definition) is 2. The van der Waals surface area contributed by atoms with Gasteiger partial charge >= 0.3 is 0 Å². The Kier molecular flexibility index (Phi) is 3.52. The van der Waals surface area contributed by atoms with Crippen molar-refractivity contribution in [2.45, 2.75) is 25.8 Å². The van der Waals surface area contributed by atoms with Gasteiger partial charge in [-0.15, -0.1) is 22.9 Å². The van der Waals surface area contributed by atoms with E-state index in [-0.39, 0.29) is 11.9 Å². The van der Waals surface area contributed by atoms with Crippen LogP contribution < -0.4 is 0 Å². The lowest BCUT2D eigenvalue weighted by Gasteiger charge is -2.15. The van der Waals surface area contributed by atoms with Crippen molar-refractivity contribution in [3.63, 3.8) is 0 Å². The highest BCUT2D eigenvalue weighted by Gasteiger charge is 2.18. The van der Waals surface area contributed by atoms with Crippen LogP contribution in [0.1, 0.15) is 29.2 Å². The number of alkyl halides is 1. The number of nitrogens with zero attached hydrogens (tertiary/aromatic N) is 2. The molecule has 2 aromatic heterocycles. The summed E-state index contributed by atoms with van der Waals surface area (Å²) in [5.41, 5.74) is 2.21. The first-order valence-corrected chi connectivity index (χ1v) is 7.79. The number of rotatable bonds is 3. The van der Waals surface area contributed by atoms with Crippen molar-refractivity contribution >= 4 is 34.0 Å². The minimum Gasteiger partial charge on any atom is -0.319 e. The molecule has 1 aromatic carbocycles. The van der Waals surface area contributed by atoms with Crippen LogP contribution in [0.25, 0.3) is 11.0 Å². The molecule has 0 saturated heterocycles. The number of imidazole rings is 1. The van der Waals surface area contributed by atoms with E-state index in [1.165, 1.54) is 10.9 Å². The van der Waals surface area contributed by atoms with Gasteiger partial charge in [-0.3, -0.25) is 0 Å². The minimum absolute atomic E-state index is 0.138. The lowest BCUT2D eigenvalue weighted by atomic mass is 10.2. The van der Waals surface area contributed by atoms with Crippen LogP contribution >= 0.6 is 22.9 Å². The van der Waals surface area contributed by atoms with Crippen LogP contribution in [0.3, 0.4) is 0 Å². The lowest BCUT2D eigenvalue weighted by Crippen LogP contribution is -2.08. The van der Waals surface area contributed by atoms with Crippen molar-refractivity contribution in [1.82, 2.24) is 9.55 Å². The molecule has 1 atom stereocenters. The topological polar surface area (TPSA) is 17.8 Å². The first-order valence-electron chi connectivity index (χ1n) is 6.38. The average Bonchev–Trinajstić information content (AvgIpc) is 3.06. The maximum atomic E-state index is 13.7. The second-order valence-electron chi connectivity index (χ2n) is 4.81. The number of thiophene rings is 1. The SMILES string of the molecule is Cc1cc2c(cc1F)nc(CCl)n2C(C)c1cccs1. The number of aryl methyl sites for hydroxylation is 1. The quantitative estimate of drug-likeness (QED) is 0.630. The fourth-order valence-electron chi connectivity index (χ4n) is 2.45. The molecule has 0 aliphatic rings. The summed E-state index contributed by atoms with van der Waals surface area (Å²) >= 11 is 7.71. The van der Waals surface area contributed by atoms with E-state index in [9.17, 15) is 4.39 Å². The zero-order chi connectivity index (χ0) is 14.3. The zero-order valence-corrected chi connectivity index (χ0v) is 12.8. The summed E-state index contributed by atoms with van der Waals surface area (Å²) in [6, 6.07) is 7.59. The van der Waals surface area contributed by atoms with Gasteiger partial charge in [0.2, 0.25) is 0 Å². The number of fused-ring (bicyclic) bond motifs is 1. The maximum Gasteiger partial charge on any atom is 0.128 e. The number of hydrogen-bond donors (Lipinski definition) is 0. The molecule has 104 valence electrons. The van der Waals surface area contributed by atoms with Crippen LogP contribution in [-0.4, -0.2) is 9.55 Å². The van der Waals surface area contributed by atoms with Gasteiger partial charge in [0, 0.05) is 10.9 Å². The maximum absolute atomic E-state index is 13.7. The second-order valence-corrected chi connectivity index (χ2v) is 6.06. The number of aromatic nitrogens is 2. The van der Waals surface area contributed by atoms with E-state index in [2.05, 4.69) is 27.9 Å². The highest BCUT2D eigenvalue weighted by Crippen LogP contribution is 2.30. The van der Waals surface area contributed by atoms with Crippen molar-refractivity contribution in [1.29, 1.82) is 0 Å². The van der Waals surface area contributed by atoms with E-state index in [0.717, 1.165) is 11.3 Å². The van der Waals surface area contributed by atoms with Gasteiger partial charge in [0.15, 0.2) is 0 Å². The molecule has 0 aliphatic heterocycles. The second kappa shape index (κ2) is 5.19. The molecule has 0 bridgehead atoms. The van der Waals surface area contributed by atoms with Crippen molar-refractivity contribution in [3.05, 3.63) is 51.7 Å². The fourth-order valence-corrected chi connectivity index (χ4v) is 3.42. The van der Waals surface area contributed by atoms with Crippen LogP contribution in [0.4, 0.5) is 4.39 Å². The van der Waals surface area contributed by atoms with Crippen LogP contribution in [0.15, 0.2) is 29.6 Å². The fraction of sp³-hybridized carbons (Fsp3) is 0.267. The average molecular weight is 309 g/mol. The molecule has 0 aliphatic carbocycles. The molecule has 2 nitrogen and oxygen atoms in total. The van der Waals surface area contributed by atoms with Gasteiger partial charge in [0.25, 0.3) is 0 Å². The first-order chi connectivity index (χ1) is 9.61. The predicted octanol–water partition coefficient (Wildman–Crippen LogP) is 4.89. The van der Waals surface area contributed by atoms with Crippen molar-refractivity contribution in [3.8, 4) is 0 Å². The minimum atomic E-state index is -0.230. The van der Waals surface area contributed by atoms with Gasteiger partial charge in [-0.25, -0.2) is 9.37 Å². The largest absolute Gasteiger partial charge is 0.319 e. The van der Waals surface area contributed by atoms with Gasteiger partial charge in [-0.05, 0) is 36.9 Å². The van der Waals surface area contributed by atoms with E-state index in [1.54, 1.807) is 18.3 Å². The molecule has 2 heterocycles. The Balaban J connectivity index is 2.25. The third kappa shape index (κ3) is 2.13. The molecular weight excluding hydrogens is 295 g/mol. The highest BCUT2D eigenvalue weighted by atomic mass is 35.5. The first kappa shape index (κ1) is 13.6. The Hall–Kier alpha value is -1.39. The molecule has 0 saturated carbocycles. The molecule has 0 spiro atoms. The van der Waals surface area contributed by atoms with Crippen LogP contribution in [0.5, 0.6) is 0 Å². The molecule has 0 amide bonds. The van der Waals surface area contributed by atoms with Gasteiger partial charge in [0.1, 0.15) is 11.6 Å². The highest BCUT2D eigenvalue weighted by molar-refractivity contribution is 7.10. The van der Waals surface area contributed by atoms with Crippen molar-refractivity contribution < 1.29 is 4.39 Å². The molecular formula is C15H14ClFN2S. The predicted molar refractivity (Wildman–Crippen MR) is 82.1 cm³/mol. The van der Waals surface area contributed by atoms with E-state index in [1.807, 2.05) is 12.1 Å². The Morgan fingerprint density at radius 3 is 2.90 bits per heavy atom. The summed E-state index contributed by atoms with van der Waals surface area (Å²) in [4.78, 5) is 5.69. The summed E-state index contributed by atoms with van der Waals surface area (Å²) in [6.45, 7) is 3.88. The van der Waals surface area contributed by atoms with Gasteiger partial charge in [-0.1, -0.05) is 6.07 Å². The summed E-state index contributed by atoms with van der Waals surface area (Å²) < 4.78 is 15.8. The summed E-state index contributed by atoms with van der Waals surface area (Å²) in [5.74, 6) is 0.852. The van der Waals surface area contributed by atoms with Gasteiger partial charge in [-0.2, -0.15) is 0 Å². The molecule has 0 N–H and O–H groups in total. The molecule has 5 heteroatoms. The number of halogens is 2. The smallest absolute Gasteiger partial charge is 0.128 e. The van der Waals surface area contributed by atoms with Crippen LogP contribution in [0, 0.1) is 12.7 Å². The molecule has 1 unspecified atom stereocenters. The molecule has 3 rings (SSSR count). The van der Waals surface area contributed by atoms with Crippen molar-refractivity contribution in [2.75, 3.05) is 0 Å². The number of benzene rings is 1. The summed E-state index contributed by atoms with van der Waals surface area (Å²) in [7, 11) is 0. The Morgan fingerprint density at radius 2 is 2.25 bits per heavy atom. The van der Waals surface area contributed by atoms with E-state index in [4.69, 9.17) is 11.6 Å². The zero-order valence-electron chi connectivity index (χ0n) is 11.2. The van der Waals surface area contributed by atoms with Crippen LogP contribution in [0.2, 0.25) is 0 Å². The molecule has 0 radical (unpaired) electrons. The lowest BCUT2D eigenvalue weighted by molar-refractivity contribution is 0.619. The van der Waals surface area contributed by atoms with E-state index >= 15 is 0 Å². The van der Waals surface area contributed by atoms with Crippen LogP contribution in [-0.2, 0) is 5.88 Å². The molecule has 20 heavy (non-hydrogen) atoms. The third-order valence-corrected chi connectivity index (χ3v) is 4.79. The molecule has 0 fully saturated rings. The standard InChI is InChI=1S/C15H14ClFN2S/c1-9-6-13-12(7-11(9)17)18-15(8-16)19(13)10(2)14-4-3-5-20-14/h3-7,10H,8H2,1-2H3. The Morgan fingerprint density at radius 1 is 1.45 bits per heavy atom. The third-order valence-electron chi connectivity index (χ3n) is 3.50. The monoisotopic (exact) mass is 308 g/mol. The summed E-state index contributed by atoms with van der Waals surface area (Å²) in [5, 5.41) is 2.05. The van der Waals surface area contributed by atoms with E-state index in [0.29, 0.717) is 17.0 Å². The van der Waals surface area contributed by atoms with Gasteiger partial charge in [0.05, 0.1) is 23.0 Å². The normalized spacial score (nSPS) is 13.0. The van der Waals surface area contributed by atoms with Gasteiger partial charge < -0.3 is 4.57 Å².